The lowest BCUT2D eigenvalue weighted by molar-refractivity contribution is 0.669. The smallest absolute Gasteiger partial charge is 0.145 e. The van der Waals surface area contributed by atoms with Crippen molar-refractivity contribution >= 4 is 127 Å². The van der Waals surface area contributed by atoms with Crippen LogP contribution in [0.5, 0.6) is 0 Å². The maximum Gasteiger partial charge on any atom is 0.145 e. The van der Waals surface area contributed by atoms with Gasteiger partial charge in [-0.15, -0.1) is 5.46 Å². The Morgan fingerprint density at radius 1 is 0.429 bits per heavy atom. The van der Waals surface area contributed by atoms with E-state index >= 15 is 0 Å². The molecule has 0 saturated carbocycles. The number of furan rings is 1. The molecule has 63 heavy (non-hydrogen) atoms. The Labute approximate surface area is 371 Å². The maximum atomic E-state index is 7.19. The van der Waals surface area contributed by atoms with E-state index in [1.54, 1.807) is 0 Å². The summed E-state index contributed by atoms with van der Waals surface area (Å²) in [6.07, 6.45) is 0. The van der Waals surface area contributed by atoms with Gasteiger partial charge >= 0.3 is 0 Å². The fourth-order valence-electron chi connectivity index (χ4n) is 11.8. The molecular formula is C55H39B5N2O. The van der Waals surface area contributed by atoms with Crippen molar-refractivity contribution in [2.75, 3.05) is 4.90 Å². The molecule has 2 aliphatic rings. The van der Waals surface area contributed by atoms with Gasteiger partial charge in [0.05, 0.1) is 27.5 Å². The summed E-state index contributed by atoms with van der Waals surface area (Å²) in [5.74, 6) is 0. The highest BCUT2D eigenvalue weighted by Gasteiger charge is 2.53. The molecule has 2 heterocycles. The van der Waals surface area contributed by atoms with Crippen molar-refractivity contribution in [1.82, 2.24) is 4.57 Å². The van der Waals surface area contributed by atoms with E-state index in [4.69, 9.17) is 4.42 Å². The maximum absolute atomic E-state index is 7.19. The van der Waals surface area contributed by atoms with Crippen molar-refractivity contribution in [2.24, 2.45) is 0 Å². The summed E-state index contributed by atoms with van der Waals surface area (Å²) in [7, 11) is 11.4. The fraction of sp³-hybridized carbons (Fsp3) is 0.0182. The summed E-state index contributed by atoms with van der Waals surface area (Å²) in [5.41, 5.74) is 25.1. The molecule has 0 unspecified atom stereocenters. The Morgan fingerprint density at radius 2 is 0.968 bits per heavy atom. The van der Waals surface area contributed by atoms with Gasteiger partial charge in [-0.1, -0.05) is 149 Å². The number of hydrogen-bond donors (Lipinski definition) is 0. The van der Waals surface area contributed by atoms with Gasteiger partial charge in [0, 0.05) is 38.8 Å². The lowest BCUT2D eigenvalue weighted by Crippen LogP contribution is -2.56. The molecule has 0 radical (unpaired) electrons. The number of nitrogens with zero attached hydrogens (tertiary/aromatic N) is 2. The minimum absolute atomic E-state index is 0.541. The van der Waals surface area contributed by atoms with Crippen LogP contribution < -0.4 is 32.2 Å². The van der Waals surface area contributed by atoms with Crippen molar-refractivity contribution in [2.45, 2.75) is 5.41 Å². The van der Waals surface area contributed by atoms with E-state index in [2.05, 4.69) is 225 Å². The van der Waals surface area contributed by atoms with E-state index in [1.165, 1.54) is 99.3 Å². The summed E-state index contributed by atoms with van der Waals surface area (Å²) >= 11 is 0. The van der Waals surface area contributed by atoms with E-state index in [-0.39, 0.29) is 0 Å². The molecule has 290 valence electrons. The third-order valence-corrected chi connectivity index (χ3v) is 14.9. The number of anilines is 3. The summed E-state index contributed by atoms with van der Waals surface area (Å²) < 4.78 is 9.71. The molecule has 0 atom stereocenters. The van der Waals surface area contributed by atoms with Crippen LogP contribution >= 0.6 is 0 Å². The second-order valence-electron chi connectivity index (χ2n) is 17.7. The second-order valence-corrected chi connectivity index (χ2v) is 17.7. The summed E-state index contributed by atoms with van der Waals surface area (Å²) in [4.78, 5) is 2.48. The molecule has 1 spiro atoms. The van der Waals surface area contributed by atoms with E-state index in [1.807, 2.05) is 0 Å². The van der Waals surface area contributed by atoms with Gasteiger partial charge in [0.1, 0.15) is 50.4 Å². The number of para-hydroxylation sites is 3. The predicted molar refractivity (Wildman–Crippen MR) is 280 cm³/mol. The van der Waals surface area contributed by atoms with Crippen molar-refractivity contribution in [3.63, 3.8) is 0 Å². The topological polar surface area (TPSA) is 21.3 Å². The normalized spacial score (nSPS) is 13.2. The average Bonchev–Trinajstić information content (AvgIpc) is 4.05. The van der Waals surface area contributed by atoms with Gasteiger partial charge in [-0.25, -0.2) is 0 Å². The first-order valence-electron chi connectivity index (χ1n) is 22.1. The second kappa shape index (κ2) is 13.1. The van der Waals surface area contributed by atoms with Gasteiger partial charge in [-0.3, -0.25) is 0 Å². The Morgan fingerprint density at radius 3 is 1.67 bits per heavy atom. The third kappa shape index (κ3) is 4.65. The van der Waals surface area contributed by atoms with Crippen molar-refractivity contribution in [1.29, 1.82) is 0 Å². The molecule has 0 saturated heterocycles. The molecule has 0 N–H and O–H groups in total. The fourth-order valence-corrected chi connectivity index (χ4v) is 11.8. The number of fused-ring (bicyclic) bond motifs is 17. The zero-order chi connectivity index (χ0) is 42.3. The number of benzene rings is 9. The number of rotatable bonds is 4. The third-order valence-electron chi connectivity index (χ3n) is 14.9. The van der Waals surface area contributed by atoms with Crippen LogP contribution in [0.15, 0.2) is 180 Å². The minimum atomic E-state index is -0.541. The van der Waals surface area contributed by atoms with Crippen LogP contribution in [0.4, 0.5) is 17.1 Å². The van der Waals surface area contributed by atoms with E-state index in [0.29, 0.717) is 0 Å². The van der Waals surface area contributed by atoms with E-state index < -0.39 is 5.41 Å². The molecule has 9 aromatic carbocycles. The van der Waals surface area contributed by atoms with Crippen LogP contribution in [0.1, 0.15) is 22.3 Å². The van der Waals surface area contributed by atoms with Crippen LogP contribution in [0.25, 0.3) is 71.7 Å². The zero-order valence-corrected chi connectivity index (χ0v) is 36.0. The first-order valence-corrected chi connectivity index (χ1v) is 22.1. The van der Waals surface area contributed by atoms with Crippen molar-refractivity contribution in [3.8, 4) is 27.9 Å². The Kier molecular flexibility index (Phi) is 7.57. The van der Waals surface area contributed by atoms with Crippen LogP contribution in [0, 0.1) is 0 Å². The molecule has 3 nitrogen and oxygen atoms in total. The van der Waals surface area contributed by atoms with Crippen LogP contribution in [-0.2, 0) is 5.41 Å². The van der Waals surface area contributed by atoms with Gasteiger partial charge in [0.2, 0.25) is 0 Å². The van der Waals surface area contributed by atoms with Gasteiger partial charge in [-0.05, 0) is 87.5 Å². The monoisotopic (exact) mass is 798 g/mol. The highest BCUT2D eigenvalue weighted by molar-refractivity contribution is 6.68. The van der Waals surface area contributed by atoms with Gasteiger partial charge < -0.3 is 13.9 Å². The zero-order valence-electron chi connectivity index (χ0n) is 36.0. The summed E-state index contributed by atoms with van der Waals surface area (Å²) in [6, 6.07) is 65.1. The molecule has 0 fully saturated rings. The van der Waals surface area contributed by atoms with Crippen molar-refractivity contribution < 1.29 is 4.42 Å². The van der Waals surface area contributed by atoms with Crippen LogP contribution in [0.2, 0.25) is 0 Å². The molecule has 2 aromatic heterocycles. The molecule has 2 aliphatic carbocycles. The Hall–Kier alpha value is -7.30. The largest absolute Gasteiger partial charge is 0.455 e. The highest BCUT2D eigenvalue weighted by atomic mass is 16.3. The van der Waals surface area contributed by atoms with Gasteiger partial charge in [-0.2, -0.15) is 0 Å². The van der Waals surface area contributed by atoms with Crippen molar-refractivity contribution in [3.05, 3.63) is 198 Å². The molecule has 0 aliphatic heterocycles. The van der Waals surface area contributed by atoms with Crippen LogP contribution in [0.3, 0.4) is 0 Å². The first-order chi connectivity index (χ1) is 30.9. The number of hydrogen-bond acceptors (Lipinski definition) is 2. The Bertz CT molecular complexity index is 3700. The average molecular weight is 798 g/mol. The lowest BCUT2D eigenvalue weighted by Gasteiger charge is -2.32. The minimum Gasteiger partial charge on any atom is -0.455 e. The first kappa shape index (κ1) is 36.4. The SMILES string of the molecule is Bc1c(B)c(B)c(-n2c3ccccc3c3cc(N(c4ccccc4)c4cc5c(c6oc7ccccc7c46)-c4ccccc4C54c5ccccc5-c5ccccc54)ccc32)c(B)c1B. The van der Waals surface area contributed by atoms with E-state index in [9.17, 15) is 0 Å². The molecule has 13 rings (SSSR count). The Balaban J connectivity index is 1.16. The summed E-state index contributed by atoms with van der Waals surface area (Å²) in [5, 5.41) is 4.67. The van der Waals surface area contributed by atoms with Gasteiger partial charge in [0.15, 0.2) is 0 Å². The number of aromatic nitrogens is 1. The summed E-state index contributed by atoms with van der Waals surface area (Å²) in [6.45, 7) is 0. The standard InChI is InChI=1S/C55H39B5N2O/c56-48-49(57)51(59)53(52(60)50(48)58)62-42-24-12-7-18-34(42)37-28-31(26-27-43(37)62)61(30-14-2-1-3-15-30)44-29-41-46(54-47(44)36-20-8-13-25-45(36)63-54)35-19-6-11-23-40(35)55(41)38-21-9-4-16-32(38)33-17-5-10-22-39(33)55/h1-29H,56-60H2. The molecule has 8 heteroatoms. The molecule has 11 aromatic rings. The van der Waals surface area contributed by atoms with Crippen LogP contribution in [-0.4, -0.2) is 43.8 Å². The quantitative estimate of drug-likeness (QED) is 0.211. The van der Waals surface area contributed by atoms with E-state index in [0.717, 1.165) is 39.0 Å². The molecule has 0 amide bonds. The highest BCUT2D eigenvalue weighted by Crippen LogP contribution is 2.65. The molecular weight excluding hydrogens is 759 g/mol. The molecule has 0 bridgehead atoms. The predicted octanol–water partition coefficient (Wildman–Crippen LogP) is 5.79. The lowest BCUT2D eigenvalue weighted by atomic mass is 9.61. The van der Waals surface area contributed by atoms with Gasteiger partial charge in [0.25, 0.3) is 0 Å².